The van der Waals surface area contributed by atoms with Crippen LogP contribution in [0.2, 0.25) is 0 Å². The summed E-state index contributed by atoms with van der Waals surface area (Å²) in [4.78, 5) is 14.0. The lowest BCUT2D eigenvalue weighted by Crippen LogP contribution is -2.70. The number of sulfonamides is 1. The number of ether oxygens (including phenoxy) is 1. The number of likely N-dealkylation sites (tertiary alicyclic amines) is 1. The first-order valence-electron chi connectivity index (χ1n) is 8.16. The first kappa shape index (κ1) is 17.7. The first-order chi connectivity index (χ1) is 10.3. The van der Waals surface area contributed by atoms with Crippen LogP contribution in [0, 0.1) is 5.92 Å². The zero-order valence-corrected chi connectivity index (χ0v) is 14.8. The number of piperidine rings is 1. The third-order valence-corrected chi connectivity index (χ3v) is 6.85. The molecular formula is C15H28N2O4S. The molecule has 2 fully saturated rings. The summed E-state index contributed by atoms with van der Waals surface area (Å²) in [6.07, 6.45) is 1.88. The predicted octanol–water partition coefficient (Wildman–Crippen LogP) is 1.07. The zero-order chi connectivity index (χ0) is 16.5. The van der Waals surface area contributed by atoms with Gasteiger partial charge in [0.2, 0.25) is 10.0 Å². The van der Waals surface area contributed by atoms with Crippen molar-refractivity contribution in [2.75, 3.05) is 26.0 Å². The molecule has 2 aliphatic heterocycles. The molecule has 0 aromatic carbocycles. The van der Waals surface area contributed by atoms with Gasteiger partial charge in [-0.05, 0) is 39.0 Å². The lowest BCUT2D eigenvalue weighted by Gasteiger charge is -2.53. The number of methoxy groups -OCH3 is 1. The van der Waals surface area contributed by atoms with E-state index in [-0.39, 0.29) is 29.8 Å². The monoisotopic (exact) mass is 332 g/mol. The minimum atomic E-state index is -3.11. The lowest BCUT2D eigenvalue weighted by atomic mass is 9.79. The molecule has 0 saturated carbocycles. The molecule has 0 N–H and O–H groups in total. The third kappa shape index (κ3) is 3.16. The van der Waals surface area contributed by atoms with Crippen molar-refractivity contribution in [3.05, 3.63) is 0 Å². The summed E-state index contributed by atoms with van der Waals surface area (Å²) in [6, 6.07) is 0.249. The van der Waals surface area contributed by atoms with Gasteiger partial charge in [0.05, 0.1) is 11.8 Å². The Bertz CT molecular complexity index is 498. The lowest BCUT2D eigenvalue weighted by molar-refractivity contribution is -0.181. The SMILES string of the molecule is CCCS(=O)(=O)N1CCC([C@H]2[C@@H](OC)C(=O)N2C(C)C)CC1. The van der Waals surface area contributed by atoms with Crippen LogP contribution in [0.4, 0.5) is 0 Å². The van der Waals surface area contributed by atoms with Crippen molar-refractivity contribution in [3.8, 4) is 0 Å². The molecule has 0 aromatic rings. The van der Waals surface area contributed by atoms with E-state index in [2.05, 4.69) is 0 Å². The summed E-state index contributed by atoms with van der Waals surface area (Å²) in [5.41, 5.74) is 0. The van der Waals surface area contributed by atoms with Crippen molar-refractivity contribution in [1.29, 1.82) is 0 Å². The van der Waals surface area contributed by atoms with Crippen molar-refractivity contribution in [2.24, 2.45) is 5.92 Å². The van der Waals surface area contributed by atoms with Gasteiger partial charge in [0.1, 0.15) is 0 Å². The number of carbonyl (C=O) groups excluding carboxylic acids is 1. The van der Waals surface area contributed by atoms with Gasteiger partial charge in [-0.2, -0.15) is 0 Å². The summed E-state index contributed by atoms with van der Waals surface area (Å²) >= 11 is 0. The average Bonchev–Trinajstić information content (AvgIpc) is 2.44. The van der Waals surface area contributed by atoms with Crippen LogP contribution >= 0.6 is 0 Å². The Balaban J connectivity index is 2.00. The molecular weight excluding hydrogens is 304 g/mol. The van der Waals surface area contributed by atoms with E-state index in [4.69, 9.17) is 4.74 Å². The van der Waals surface area contributed by atoms with Gasteiger partial charge in [-0.15, -0.1) is 0 Å². The van der Waals surface area contributed by atoms with Gasteiger partial charge < -0.3 is 9.64 Å². The molecule has 6 nitrogen and oxygen atoms in total. The first-order valence-corrected chi connectivity index (χ1v) is 9.77. The van der Waals surface area contributed by atoms with Crippen molar-refractivity contribution < 1.29 is 17.9 Å². The molecule has 1 amide bonds. The summed E-state index contributed by atoms with van der Waals surface area (Å²) in [6.45, 7) is 7.02. The number of rotatable bonds is 6. The maximum Gasteiger partial charge on any atom is 0.254 e. The number of nitrogens with zero attached hydrogens (tertiary/aromatic N) is 2. The van der Waals surface area contributed by atoms with Crippen molar-refractivity contribution in [2.45, 2.75) is 58.2 Å². The van der Waals surface area contributed by atoms with Crippen molar-refractivity contribution in [1.82, 2.24) is 9.21 Å². The van der Waals surface area contributed by atoms with Gasteiger partial charge >= 0.3 is 0 Å². The standard InChI is InChI=1S/C15H28N2O4S/c1-5-10-22(19,20)16-8-6-12(7-9-16)13-14(21-4)15(18)17(13)11(2)3/h11-14H,5-10H2,1-4H3/t13-,14+/m0/s1. The fourth-order valence-electron chi connectivity index (χ4n) is 3.70. The molecule has 0 aliphatic carbocycles. The maximum atomic E-state index is 12.1. The number of hydrogen-bond acceptors (Lipinski definition) is 4. The van der Waals surface area contributed by atoms with E-state index in [1.54, 1.807) is 11.4 Å². The fourth-order valence-corrected chi connectivity index (χ4v) is 5.24. The van der Waals surface area contributed by atoms with E-state index in [0.717, 1.165) is 12.8 Å². The van der Waals surface area contributed by atoms with Crippen molar-refractivity contribution in [3.63, 3.8) is 0 Å². The van der Waals surface area contributed by atoms with Gasteiger partial charge in [-0.1, -0.05) is 6.92 Å². The van der Waals surface area contributed by atoms with E-state index in [1.807, 2.05) is 25.7 Å². The molecule has 7 heteroatoms. The van der Waals surface area contributed by atoms with Crippen LogP contribution < -0.4 is 0 Å². The Kier molecular flexibility index (Phi) is 5.50. The van der Waals surface area contributed by atoms with Gasteiger partial charge in [0, 0.05) is 26.2 Å². The van der Waals surface area contributed by atoms with Gasteiger partial charge in [-0.25, -0.2) is 12.7 Å². The molecule has 0 bridgehead atoms. The fraction of sp³-hybridized carbons (Fsp3) is 0.933. The molecule has 0 unspecified atom stereocenters. The van der Waals surface area contributed by atoms with Crippen LogP contribution in [0.5, 0.6) is 0 Å². The van der Waals surface area contributed by atoms with E-state index >= 15 is 0 Å². The second-order valence-corrected chi connectivity index (χ2v) is 8.63. The van der Waals surface area contributed by atoms with E-state index in [9.17, 15) is 13.2 Å². The third-order valence-electron chi connectivity index (χ3n) is 4.78. The Morgan fingerprint density at radius 2 is 1.86 bits per heavy atom. The summed E-state index contributed by atoms with van der Waals surface area (Å²) in [5, 5.41) is 0. The topological polar surface area (TPSA) is 66.9 Å². The van der Waals surface area contributed by atoms with Crippen LogP contribution in [0.25, 0.3) is 0 Å². The summed E-state index contributed by atoms with van der Waals surface area (Å²) in [5.74, 6) is 0.597. The second kappa shape index (κ2) is 6.84. The van der Waals surface area contributed by atoms with Gasteiger partial charge in [-0.3, -0.25) is 4.79 Å². The number of carbonyl (C=O) groups is 1. The maximum absolute atomic E-state index is 12.1. The summed E-state index contributed by atoms with van der Waals surface area (Å²) in [7, 11) is -1.53. The Morgan fingerprint density at radius 1 is 1.27 bits per heavy atom. The van der Waals surface area contributed by atoms with Crippen LogP contribution in [-0.4, -0.2) is 67.7 Å². The highest BCUT2D eigenvalue weighted by molar-refractivity contribution is 7.89. The van der Waals surface area contributed by atoms with Gasteiger partial charge in [0.15, 0.2) is 6.10 Å². The Hall–Kier alpha value is -0.660. The van der Waals surface area contributed by atoms with Crippen LogP contribution in [0.15, 0.2) is 0 Å². The minimum Gasteiger partial charge on any atom is -0.369 e. The van der Waals surface area contributed by atoms with E-state index < -0.39 is 10.0 Å². The van der Waals surface area contributed by atoms with E-state index in [1.165, 1.54) is 0 Å². The highest BCUT2D eigenvalue weighted by Crippen LogP contribution is 2.36. The van der Waals surface area contributed by atoms with E-state index in [0.29, 0.717) is 25.4 Å². The molecule has 2 aliphatic rings. The molecule has 0 radical (unpaired) electrons. The highest BCUT2D eigenvalue weighted by atomic mass is 32.2. The normalized spacial score (nSPS) is 28.2. The zero-order valence-electron chi connectivity index (χ0n) is 14.0. The van der Waals surface area contributed by atoms with Crippen LogP contribution in [0.1, 0.15) is 40.0 Å². The number of β-lactam (4-membered cyclic amide) rings is 1. The molecule has 2 rings (SSSR count). The highest BCUT2D eigenvalue weighted by Gasteiger charge is 2.52. The van der Waals surface area contributed by atoms with Crippen LogP contribution in [-0.2, 0) is 19.6 Å². The molecule has 2 heterocycles. The van der Waals surface area contributed by atoms with Crippen LogP contribution in [0.3, 0.4) is 0 Å². The average molecular weight is 332 g/mol. The van der Waals surface area contributed by atoms with Gasteiger partial charge in [0.25, 0.3) is 5.91 Å². The molecule has 2 saturated heterocycles. The molecule has 22 heavy (non-hydrogen) atoms. The number of amides is 1. The molecule has 2 atom stereocenters. The molecule has 0 aromatic heterocycles. The number of hydrogen-bond donors (Lipinski definition) is 0. The Morgan fingerprint density at radius 3 is 2.32 bits per heavy atom. The second-order valence-electron chi connectivity index (χ2n) is 6.54. The quantitative estimate of drug-likeness (QED) is 0.683. The predicted molar refractivity (Wildman–Crippen MR) is 84.9 cm³/mol. The Labute approximate surface area is 133 Å². The minimum absolute atomic E-state index is 0.0588. The molecule has 128 valence electrons. The smallest absolute Gasteiger partial charge is 0.254 e. The largest absolute Gasteiger partial charge is 0.369 e. The van der Waals surface area contributed by atoms with Crippen molar-refractivity contribution >= 4 is 15.9 Å². The molecule has 0 spiro atoms. The summed E-state index contributed by atoms with van der Waals surface area (Å²) < 4.78 is 31.2.